The molecule has 4 heterocycles. The minimum atomic E-state index is 0.0580. The molecule has 0 saturated carbocycles. The van der Waals surface area contributed by atoms with Gasteiger partial charge in [0.25, 0.3) is 5.91 Å². The molecule has 0 atom stereocenters. The number of amides is 1. The monoisotopic (exact) mass is 442 g/mol. The van der Waals surface area contributed by atoms with Crippen LogP contribution in [0.25, 0.3) is 22.3 Å². The van der Waals surface area contributed by atoms with E-state index in [1.807, 2.05) is 35.2 Å². The highest BCUT2D eigenvalue weighted by Crippen LogP contribution is 2.22. The number of benzene rings is 1. The molecule has 1 amide bonds. The number of methoxy groups -OCH3 is 1. The molecule has 1 fully saturated rings. The number of piperazine rings is 1. The van der Waals surface area contributed by atoms with Crippen LogP contribution in [-0.4, -0.2) is 76.0 Å². The highest BCUT2D eigenvalue weighted by atomic mass is 16.5. The summed E-state index contributed by atoms with van der Waals surface area (Å²) < 4.78 is 5.29. The Labute approximate surface area is 192 Å². The predicted octanol–water partition coefficient (Wildman–Crippen LogP) is 3.01. The molecule has 5 rings (SSSR count). The number of hydrogen-bond donors (Lipinski definition) is 1. The van der Waals surface area contributed by atoms with Gasteiger partial charge in [-0.1, -0.05) is 6.07 Å². The van der Waals surface area contributed by atoms with Crippen LogP contribution in [0.4, 0.5) is 0 Å². The largest absolute Gasteiger partial charge is 0.497 e. The topological polar surface area (TPSA) is 87.2 Å². The Morgan fingerprint density at radius 3 is 2.64 bits per heavy atom. The summed E-state index contributed by atoms with van der Waals surface area (Å²) in [6.45, 7) is 3.32. The number of aromatic amines is 1. The van der Waals surface area contributed by atoms with Gasteiger partial charge in [0.15, 0.2) is 0 Å². The SMILES string of the molecule is COc1ccnc(-c2ccnc(Cc3ccc4[nH]c(C(=O)N5CCN(C)CC5)cc4c3)n2)c1. The van der Waals surface area contributed by atoms with Crippen LogP contribution in [0.1, 0.15) is 21.9 Å². The van der Waals surface area contributed by atoms with Crippen molar-refractivity contribution in [3.05, 3.63) is 71.9 Å². The number of pyridine rings is 1. The molecular formula is C25H26N6O2. The van der Waals surface area contributed by atoms with Gasteiger partial charge in [-0.25, -0.2) is 9.97 Å². The maximum atomic E-state index is 12.9. The summed E-state index contributed by atoms with van der Waals surface area (Å²) in [5.41, 5.74) is 4.16. The van der Waals surface area contributed by atoms with E-state index in [2.05, 4.69) is 33.0 Å². The molecule has 0 unspecified atom stereocenters. The van der Waals surface area contributed by atoms with Crippen molar-refractivity contribution in [3.63, 3.8) is 0 Å². The Morgan fingerprint density at radius 2 is 1.82 bits per heavy atom. The normalized spacial score (nSPS) is 14.5. The number of likely N-dealkylation sites (N-methyl/N-ethyl adjacent to an activating group) is 1. The number of carbonyl (C=O) groups is 1. The average Bonchev–Trinajstić information content (AvgIpc) is 3.28. The summed E-state index contributed by atoms with van der Waals surface area (Å²) >= 11 is 0. The molecule has 1 aliphatic rings. The van der Waals surface area contributed by atoms with Crippen LogP contribution in [0.2, 0.25) is 0 Å². The molecule has 1 aromatic carbocycles. The molecule has 4 aromatic rings. The van der Waals surface area contributed by atoms with E-state index in [0.29, 0.717) is 17.9 Å². The number of rotatable bonds is 5. The van der Waals surface area contributed by atoms with Crippen molar-refractivity contribution >= 4 is 16.8 Å². The molecule has 1 N–H and O–H groups in total. The number of fused-ring (bicyclic) bond motifs is 1. The van der Waals surface area contributed by atoms with Crippen molar-refractivity contribution in [1.29, 1.82) is 0 Å². The van der Waals surface area contributed by atoms with Gasteiger partial charge in [0.2, 0.25) is 0 Å². The standard InChI is InChI=1S/C25H26N6O2/c1-30-9-11-31(12-10-30)25(32)23-15-18-13-17(3-4-20(18)28-23)14-24-27-8-6-21(29-24)22-16-19(33-2)5-7-26-22/h3-8,13,15-16,28H,9-12,14H2,1-2H3. The molecule has 8 nitrogen and oxygen atoms in total. The third-order valence-electron chi connectivity index (χ3n) is 6.00. The number of hydrogen-bond acceptors (Lipinski definition) is 6. The minimum absolute atomic E-state index is 0.0580. The van der Waals surface area contributed by atoms with Crippen molar-refractivity contribution < 1.29 is 9.53 Å². The lowest BCUT2D eigenvalue weighted by atomic mass is 10.1. The third kappa shape index (κ3) is 4.56. The summed E-state index contributed by atoms with van der Waals surface area (Å²) in [6.07, 6.45) is 4.04. The van der Waals surface area contributed by atoms with Gasteiger partial charge in [0.05, 0.1) is 18.5 Å². The van der Waals surface area contributed by atoms with Gasteiger partial charge >= 0.3 is 0 Å². The van der Waals surface area contributed by atoms with Crippen LogP contribution < -0.4 is 4.74 Å². The number of nitrogens with zero attached hydrogens (tertiary/aromatic N) is 5. The van der Waals surface area contributed by atoms with E-state index in [4.69, 9.17) is 9.72 Å². The molecule has 0 spiro atoms. The summed E-state index contributed by atoms with van der Waals surface area (Å²) in [6, 6.07) is 13.6. The number of H-pyrrole nitrogens is 1. The minimum Gasteiger partial charge on any atom is -0.497 e. The van der Waals surface area contributed by atoms with Crippen molar-refractivity contribution in [2.24, 2.45) is 0 Å². The molecule has 0 aliphatic carbocycles. The second-order valence-electron chi connectivity index (χ2n) is 8.32. The Hall–Kier alpha value is -3.78. The Morgan fingerprint density at radius 1 is 1.00 bits per heavy atom. The van der Waals surface area contributed by atoms with Crippen molar-refractivity contribution in [2.45, 2.75) is 6.42 Å². The van der Waals surface area contributed by atoms with Crippen LogP contribution in [0.15, 0.2) is 54.9 Å². The molecule has 3 aromatic heterocycles. The first-order chi connectivity index (χ1) is 16.1. The highest BCUT2D eigenvalue weighted by molar-refractivity contribution is 5.98. The maximum absolute atomic E-state index is 12.9. The fourth-order valence-corrected chi connectivity index (χ4v) is 4.07. The highest BCUT2D eigenvalue weighted by Gasteiger charge is 2.21. The molecule has 168 valence electrons. The average molecular weight is 443 g/mol. The van der Waals surface area contributed by atoms with E-state index in [9.17, 15) is 4.79 Å². The first-order valence-corrected chi connectivity index (χ1v) is 11.0. The van der Waals surface area contributed by atoms with Gasteiger partial charge < -0.3 is 19.5 Å². The predicted molar refractivity (Wildman–Crippen MR) is 126 cm³/mol. The number of nitrogens with one attached hydrogen (secondary N) is 1. The zero-order valence-electron chi connectivity index (χ0n) is 18.8. The van der Waals surface area contributed by atoms with E-state index in [1.54, 1.807) is 25.6 Å². The van der Waals surface area contributed by atoms with Crippen LogP contribution in [-0.2, 0) is 6.42 Å². The van der Waals surface area contributed by atoms with Crippen molar-refractivity contribution in [2.75, 3.05) is 40.3 Å². The van der Waals surface area contributed by atoms with Crippen LogP contribution in [0, 0.1) is 0 Å². The van der Waals surface area contributed by atoms with Crippen molar-refractivity contribution in [1.82, 2.24) is 29.7 Å². The number of carbonyl (C=O) groups excluding carboxylic acids is 1. The molecule has 0 bridgehead atoms. The Bertz CT molecular complexity index is 1290. The second-order valence-corrected chi connectivity index (χ2v) is 8.32. The van der Waals surface area contributed by atoms with Gasteiger partial charge in [-0.15, -0.1) is 0 Å². The quantitative estimate of drug-likeness (QED) is 0.511. The summed E-state index contributed by atoms with van der Waals surface area (Å²) in [5.74, 6) is 1.50. The van der Waals surface area contributed by atoms with Crippen LogP contribution in [0.5, 0.6) is 5.75 Å². The number of ether oxygens (including phenoxy) is 1. The van der Waals surface area contributed by atoms with E-state index in [0.717, 1.165) is 59.8 Å². The van der Waals surface area contributed by atoms with E-state index in [-0.39, 0.29) is 5.91 Å². The van der Waals surface area contributed by atoms with Crippen LogP contribution >= 0.6 is 0 Å². The zero-order chi connectivity index (χ0) is 22.8. The van der Waals surface area contributed by atoms with Gasteiger partial charge in [-0.3, -0.25) is 9.78 Å². The molecule has 1 saturated heterocycles. The lowest BCUT2D eigenvalue weighted by Crippen LogP contribution is -2.47. The fourth-order valence-electron chi connectivity index (χ4n) is 4.07. The van der Waals surface area contributed by atoms with Gasteiger partial charge in [0, 0.05) is 62.0 Å². The molecule has 33 heavy (non-hydrogen) atoms. The first-order valence-electron chi connectivity index (χ1n) is 11.0. The molecule has 1 aliphatic heterocycles. The van der Waals surface area contributed by atoms with E-state index >= 15 is 0 Å². The lowest BCUT2D eigenvalue weighted by Gasteiger charge is -2.32. The van der Waals surface area contributed by atoms with E-state index in [1.165, 1.54) is 0 Å². The van der Waals surface area contributed by atoms with E-state index < -0.39 is 0 Å². The lowest BCUT2D eigenvalue weighted by molar-refractivity contribution is 0.0659. The smallest absolute Gasteiger partial charge is 0.270 e. The fraction of sp³-hybridized carbons (Fsp3) is 0.280. The Kier molecular flexibility index (Phi) is 5.75. The number of aromatic nitrogens is 4. The molecular weight excluding hydrogens is 416 g/mol. The van der Waals surface area contributed by atoms with Gasteiger partial charge in [0.1, 0.15) is 17.3 Å². The summed E-state index contributed by atoms with van der Waals surface area (Å²) in [7, 11) is 3.71. The Balaban J connectivity index is 1.35. The zero-order valence-corrected chi connectivity index (χ0v) is 18.8. The molecule has 0 radical (unpaired) electrons. The summed E-state index contributed by atoms with van der Waals surface area (Å²) in [5, 5.41) is 1.01. The second kappa shape index (κ2) is 8.99. The molecule has 8 heteroatoms. The van der Waals surface area contributed by atoms with Crippen LogP contribution in [0.3, 0.4) is 0 Å². The van der Waals surface area contributed by atoms with Crippen molar-refractivity contribution in [3.8, 4) is 17.1 Å². The maximum Gasteiger partial charge on any atom is 0.270 e. The summed E-state index contributed by atoms with van der Waals surface area (Å²) in [4.78, 5) is 33.9. The first kappa shape index (κ1) is 21.1. The van der Waals surface area contributed by atoms with Gasteiger partial charge in [-0.05, 0) is 42.9 Å². The van der Waals surface area contributed by atoms with Gasteiger partial charge in [-0.2, -0.15) is 0 Å². The third-order valence-corrected chi connectivity index (χ3v) is 6.00.